The van der Waals surface area contributed by atoms with Gasteiger partial charge in [-0.2, -0.15) is 0 Å². The van der Waals surface area contributed by atoms with Gasteiger partial charge in [0.1, 0.15) is 18.3 Å². The van der Waals surface area contributed by atoms with Crippen LogP contribution < -0.4 is 0 Å². The number of hydrogen-bond donors (Lipinski definition) is 3. The van der Waals surface area contributed by atoms with Gasteiger partial charge in [0.2, 0.25) is 5.60 Å². The predicted molar refractivity (Wildman–Crippen MR) is 87.5 cm³/mol. The zero-order chi connectivity index (χ0) is 19.0. The molecule has 4 atom stereocenters. The molecule has 0 amide bonds. The maximum atomic E-state index is 12.3. The number of nitrogens with zero attached hydrogens (tertiary/aromatic N) is 1. The van der Waals surface area contributed by atoms with E-state index in [1.165, 1.54) is 27.7 Å². The molecule has 0 bridgehead atoms. The van der Waals surface area contributed by atoms with Crippen LogP contribution in [0.25, 0.3) is 0 Å². The number of esters is 2. The summed E-state index contributed by atoms with van der Waals surface area (Å²) in [5, 5.41) is 30.3. The molecular formula is C17H27NO7. The van der Waals surface area contributed by atoms with Gasteiger partial charge < -0.3 is 24.8 Å². The average Bonchev–Trinajstić information content (AvgIpc) is 3.05. The third-order valence-electron chi connectivity index (χ3n) is 4.95. The van der Waals surface area contributed by atoms with Crippen molar-refractivity contribution >= 4 is 11.9 Å². The largest absolute Gasteiger partial charge is 0.460 e. The summed E-state index contributed by atoms with van der Waals surface area (Å²) in [5.41, 5.74) is -3.56. The second-order valence-electron chi connectivity index (χ2n) is 7.23. The van der Waals surface area contributed by atoms with Gasteiger partial charge in [0, 0.05) is 20.0 Å². The highest BCUT2D eigenvalue weighted by Gasteiger charge is 2.54. The molecule has 0 aliphatic carbocycles. The molecule has 2 rings (SSSR count). The second kappa shape index (κ2) is 7.03. The Labute approximate surface area is 147 Å². The predicted octanol–water partition coefficient (Wildman–Crippen LogP) is -0.642. The highest BCUT2D eigenvalue weighted by molar-refractivity contribution is 5.82. The van der Waals surface area contributed by atoms with Crippen LogP contribution in [0.5, 0.6) is 0 Å². The SMILES string of the molecule is CC(=O)O[C@@H]1CCN2CC=C(COC(=O)[C@@](O)([C@@H](C)O)C(C)(C)O)[C@H]12. The van der Waals surface area contributed by atoms with Gasteiger partial charge in [0.25, 0.3) is 0 Å². The molecule has 3 N–H and O–H groups in total. The van der Waals surface area contributed by atoms with Crippen molar-refractivity contribution in [3.63, 3.8) is 0 Å². The topological polar surface area (TPSA) is 117 Å². The lowest BCUT2D eigenvalue weighted by Crippen LogP contribution is -2.63. The van der Waals surface area contributed by atoms with Gasteiger partial charge in [-0.25, -0.2) is 4.79 Å². The van der Waals surface area contributed by atoms with E-state index >= 15 is 0 Å². The van der Waals surface area contributed by atoms with Crippen LogP contribution in [-0.4, -0.2) is 81.3 Å². The fourth-order valence-electron chi connectivity index (χ4n) is 3.53. The minimum Gasteiger partial charge on any atom is -0.460 e. The highest BCUT2D eigenvalue weighted by Crippen LogP contribution is 2.32. The molecule has 0 radical (unpaired) electrons. The molecule has 8 heteroatoms. The van der Waals surface area contributed by atoms with Crippen molar-refractivity contribution in [2.75, 3.05) is 19.7 Å². The zero-order valence-corrected chi connectivity index (χ0v) is 15.1. The lowest BCUT2D eigenvalue weighted by Gasteiger charge is -2.38. The van der Waals surface area contributed by atoms with Crippen LogP contribution in [0, 0.1) is 0 Å². The second-order valence-corrected chi connectivity index (χ2v) is 7.23. The molecule has 2 heterocycles. The standard InChI is InChI=1S/C17H27NO7/c1-10(19)17(23,16(3,4)22)15(21)24-9-12-5-7-18-8-6-13(14(12)18)25-11(2)20/h5,10,13-14,19,22-23H,6-9H2,1-4H3/t10-,13-,14-,17+/m1/s1. The first-order chi connectivity index (χ1) is 11.5. The van der Waals surface area contributed by atoms with E-state index in [1.807, 2.05) is 6.08 Å². The van der Waals surface area contributed by atoms with E-state index in [0.29, 0.717) is 13.0 Å². The molecule has 142 valence electrons. The zero-order valence-electron chi connectivity index (χ0n) is 15.1. The Kier molecular flexibility index (Phi) is 5.58. The fraction of sp³-hybridized carbons (Fsp3) is 0.765. The van der Waals surface area contributed by atoms with Crippen LogP contribution in [0.4, 0.5) is 0 Å². The number of hydrogen-bond acceptors (Lipinski definition) is 8. The monoisotopic (exact) mass is 357 g/mol. The van der Waals surface area contributed by atoms with Gasteiger partial charge in [-0.15, -0.1) is 0 Å². The number of aliphatic hydroxyl groups excluding tert-OH is 1. The first-order valence-corrected chi connectivity index (χ1v) is 8.38. The van der Waals surface area contributed by atoms with Crippen LogP contribution in [0.15, 0.2) is 11.6 Å². The maximum absolute atomic E-state index is 12.3. The minimum atomic E-state index is -2.45. The van der Waals surface area contributed by atoms with E-state index in [-0.39, 0.29) is 24.7 Å². The first-order valence-electron chi connectivity index (χ1n) is 8.38. The van der Waals surface area contributed by atoms with E-state index in [2.05, 4.69) is 4.90 Å². The normalized spacial score (nSPS) is 27.2. The molecule has 2 aliphatic rings. The Morgan fingerprint density at radius 3 is 2.56 bits per heavy atom. The lowest BCUT2D eigenvalue weighted by atomic mass is 9.81. The van der Waals surface area contributed by atoms with E-state index in [1.54, 1.807) is 0 Å². The Bertz CT molecular complexity index is 566. The van der Waals surface area contributed by atoms with Crippen molar-refractivity contribution < 1.29 is 34.4 Å². The molecule has 1 saturated heterocycles. The van der Waals surface area contributed by atoms with Crippen molar-refractivity contribution in [3.05, 3.63) is 11.6 Å². The number of aliphatic hydroxyl groups is 3. The Morgan fingerprint density at radius 1 is 1.40 bits per heavy atom. The van der Waals surface area contributed by atoms with Gasteiger partial charge in [-0.3, -0.25) is 9.69 Å². The maximum Gasteiger partial charge on any atom is 0.344 e. The van der Waals surface area contributed by atoms with Gasteiger partial charge in [0.15, 0.2) is 0 Å². The summed E-state index contributed by atoms with van der Waals surface area (Å²) in [7, 11) is 0. The van der Waals surface area contributed by atoms with E-state index < -0.39 is 23.3 Å². The summed E-state index contributed by atoms with van der Waals surface area (Å²) in [6, 6.07) is -0.154. The number of fused-ring (bicyclic) bond motifs is 1. The van der Waals surface area contributed by atoms with Gasteiger partial charge >= 0.3 is 11.9 Å². The molecule has 0 spiro atoms. The molecule has 0 aromatic heterocycles. The van der Waals surface area contributed by atoms with Crippen LogP contribution in [0.2, 0.25) is 0 Å². The third kappa shape index (κ3) is 3.72. The molecule has 0 unspecified atom stereocenters. The third-order valence-corrected chi connectivity index (χ3v) is 4.95. The van der Waals surface area contributed by atoms with Crippen LogP contribution >= 0.6 is 0 Å². The Hall–Kier alpha value is -1.48. The molecule has 1 fully saturated rings. The Morgan fingerprint density at radius 2 is 2.04 bits per heavy atom. The van der Waals surface area contributed by atoms with Crippen molar-refractivity contribution in [3.8, 4) is 0 Å². The fourth-order valence-corrected chi connectivity index (χ4v) is 3.53. The number of carbonyl (C=O) groups excluding carboxylic acids is 2. The molecular weight excluding hydrogens is 330 g/mol. The molecule has 25 heavy (non-hydrogen) atoms. The van der Waals surface area contributed by atoms with Crippen molar-refractivity contribution in [2.45, 2.75) is 63.6 Å². The van der Waals surface area contributed by atoms with E-state index in [9.17, 15) is 24.9 Å². The smallest absolute Gasteiger partial charge is 0.344 e. The lowest BCUT2D eigenvalue weighted by molar-refractivity contribution is -0.213. The number of rotatable bonds is 6. The first kappa shape index (κ1) is 19.8. The average molecular weight is 357 g/mol. The molecule has 0 aromatic carbocycles. The van der Waals surface area contributed by atoms with Crippen molar-refractivity contribution in [2.24, 2.45) is 0 Å². The number of carbonyl (C=O) groups is 2. The van der Waals surface area contributed by atoms with E-state index in [4.69, 9.17) is 9.47 Å². The van der Waals surface area contributed by atoms with Gasteiger partial charge in [-0.1, -0.05) is 6.08 Å². The van der Waals surface area contributed by atoms with Crippen molar-refractivity contribution in [1.29, 1.82) is 0 Å². The van der Waals surface area contributed by atoms with Crippen molar-refractivity contribution in [1.82, 2.24) is 4.90 Å². The highest BCUT2D eigenvalue weighted by atomic mass is 16.6. The van der Waals surface area contributed by atoms with Gasteiger partial charge in [-0.05, 0) is 32.8 Å². The summed E-state index contributed by atoms with van der Waals surface area (Å²) >= 11 is 0. The summed E-state index contributed by atoms with van der Waals surface area (Å²) in [6.07, 6.45) is 0.792. The van der Waals surface area contributed by atoms with Crippen LogP contribution in [0.1, 0.15) is 34.1 Å². The quantitative estimate of drug-likeness (QED) is 0.424. The summed E-state index contributed by atoms with van der Waals surface area (Å²) < 4.78 is 10.5. The van der Waals surface area contributed by atoms with E-state index in [0.717, 1.165) is 12.1 Å². The number of ether oxygens (including phenoxy) is 2. The summed E-state index contributed by atoms with van der Waals surface area (Å²) in [4.78, 5) is 25.7. The van der Waals surface area contributed by atoms with Crippen LogP contribution in [-0.2, 0) is 19.1 Å². The molecule has 2 aliphatic heterocycles. The van der Waals surface area contributed by atoms with Crippen LogP contribution in [0.3, 0.4) is 0 Å². The minimum absolute atomic E-state index is 0.108. The molecule has 0 saturated carbocycles. The summed E-state index contributed by atoms with van der Waals surface area (Å²) in [6.45, 7) is 6.36. The molecule has 8 nitrogen and oxygen atoms in total. The van der Waals surface area contributed by atoms with Gasteiger partial charge in [0.05, 0.1) is 12.1 Å². The Balaban J connectivity index is 2.05. The molecule has 0 aromatic rings. The summed E-state index contributed by atoms with van der Waals surface area (Å²) in [5.74, 6) is -1.46.